The number of nitrogens with zero attached hydrogens (tertiary/aromatic N) is 3. The Morgan fingerprint density at radius 2 is 1.46 bits per heavy atom. The number of amides is 5. The zero-order valence-corrected chi connectivity index (χ0v) is 16.3. The van der Waals surface area contributed by atoms with E-state index in [4.69, 9.17) is 11.6 Å². The van der Waals surface area contributed by atoms with E-state index in [0.29, 0.717) is 10.0 Å². The summed E-state index contributed by atoms with van der Waals surface area (Å²) < 4.78 is 0. The number of rotatable bonds is 3. The number of hydrogen-bond acceptors (Lipinski definition) is 4. The lowest BCUT2D eigenvalue weighted by atomic mass is 10.1. The van der Waals surface area contributed by atoms with Crippen LogP contribution in [0.15, 0.2) is 54.6 Å². The highest BCUT2D eigenvalue weighted by Crippen LogP contribution is 2.29. The number of hydrazine groups is 1. The molecule has 1 saturated heterocycles. The van der Waals surface area contributed by atoms with E-state index in [9.17, 15) is 19.2 Å². The van der Waals surface area contributed by atoms with Gasteiger partial charge >= 0.3 is 17.8 Å². The normalized spacial score (nSPS) is 14.6. The number of carbonyl (C=O) groups excluding carboxylic acids is 4. The summed E-state index contributed by atoms with van der Waals surface area (Å²) in [5.74, 6) is -2.71. The van der Waals surface area contributed by atoms with Gasteiger partial charge in [-0.2, -0.15) is 5.01 Å². The van der Waals surface area contributed by atoms with Crippen LogP contribution in [0, 0.1) is 0 Å². The van der Waals surface area contributed by atoms with Crippen LogP contribution in [0.5, 0.6) is 0 Å². The van der Waals surface area contributed by atoms with Gasteiger partial charge in [0.2, 0.25) is 0 Å². The van der Waals surface area contributed by atoms with Crippen molar-refractivity contribution < 1.29 is 19.2 Å². The molecule has 8 heteroatoms. The molecule has 0 radical (unpaired) electrons. The van der Waals surface area contributed by atoms with Crippen LogP contribution in [0.25, 0.3) is 0 Å². The van der Waals surface area contributed by atoms with E-state index in [-0.39, 0.29) is 11.3 Å². The maximum Gasteiger partial charge on any atom is 0.358 e. The van der Waals surface area contributed by atoms with Crippen molar-refractivity contribution in [2.75, 3.05) is 4.90 Å². The van der Waals surface area contributed by atoms with Gasteiger partial charge in [0.25, 0.3) is 5.91 Å². The Morgan fingerprint density at radius 1 is 0.893 bits per heavy atom. The molecule has 2 aromatic carbocycles. The van der Waals surface area contributed by atoms with E-state index in [1.54, 1.807) is 51.1 Å². The van der Waals surface area contributed by atoms with Crippen LogP contribution < -0.4 is 4.90 Å². The predicted octanol–water partition coefficient (Wildman–Crippen LogP) is 3.49. The predicted molar refractivity (Wildman–Crippen MR) is 104 cm³/mol. The molecule has 0 spiro atoms. The van der Waals surface area contributed by atoms with Crippen molar-refractivity contribution in [2.24, 2.45) is 0 Å². The molecule has 0 aromatic heterocycles. The van der Waals surface area contributed by atoms with Gasteiger partial charge in [-0.15, -0.1) is 0 Å². The molecule has 2 aromatic rings. The van der Waals surface area contributed by atoms with Gasteiger partial charge < -0.3 is 0 Å². The van der Waals surface area contributed by atoms with Crippen molar-refractivity contribution in [1.82, 2.24) is 10.0 Å². The van der Waals surface area contributed by atoms with E-state index in [2.05, 4.69) is 0 Å². The molecule has 144 valence electrons. The van der Waals surface area contributed by atoms with Crippen molar-refractivity contribution in [2.45, 2.75) is 26.3 Å². The van der Waals surface area contributed by atoms with Crippen LogP contribution in [-0.2, 0) is 9.59 Å². The number of imide groups is 2. The number of anilines is 1. The minimum absolute atomic E-state index is 0.191. The summed E-state index contributed by atoms with van der Waals surface area (Å²) >= 11 is 5.85. The Morgan fingerprint density at radius 3 is 2.00 bits per heavy atom. The zero-order valence-electron chi connectivity index (χ0n) is 15.5. The lowest BCUT2D eigenvalue weighted by molar-refractivity contribution is -0.148. The molecule has 0 saturated carbocycles. The molecule has 0 unspecified atom stereocenters. The number of benzene rings is 2. The molecule has 0 aliphatic carbocycles. The molecular formula is C20H18ClN3O4. The number of urea groups is 1. The van der Waals surface area contributed by atoms with Gasteiger partial charge in [-0.05, 0) is 57.2 Å². The number of carbonyl (C=O) groups is 4. The van der Waals surface area contributed by atoms with E-state index in [1.165, 1.54) is 24.3 Å². The van der Waals surface area contributed by atoms with Crippen LogP contribution in [-0.4, -0.2) is 39.3 Å². The molecule has 1 aliphatic rings. The van der Waals surface area contributed by atoms with E-state index < -0.39 is 29.3 Å². The lowest BCUT2D eigenvalue weighted by Crippen LogP contribution is -2.58. The first kappa shape index (κ1) is 19.6. The van der Waals surface area contributed by atoms with Crippen molar-refractivity contribution in [3.63, 3.8) is 0 Å². The topological polar surface area (TPSA) is 78.0 Å². The summed E-state index contributed by atoms with van der Waals surface area (Å²) in [6.07, 6.45) is 0. The molecule has 0 atom stereocenters. The third kappa shape index (κ3) is 3.36. The highest BCUT2D eigenvalue weighted by Gasteiger charge is 2.52. The van der Waals surface area contributed by atoms with Crippen molar-refractivity contribution in [1.29, 1.82) is 0 Å². The van der Waals surface area contributed by atoms with Crippen LogP contribution >= 0.6 is 11.6 Å². The largest absolute Gasteiger partial charge is 0.358 e. The summed E-state index contributed by atoms with van der Waals surface area (Å²) in [5.41, 5.74) is -0.471. The van der Waals surface area contributed by atoms with Gasteiger partial charge in [0.15, 0.2) is 0 Å². The standard InChI is InChI=1S/C20H18ClN3O4/c1-20(2,3)24(16(25)13-7-5-4-6-8-13)23-18(27)17(26)22(19(23)28)15-11-9-14(21)10-12-15/h4-12H,1-3H3. The Balaban J connectivity index is 2.04. The van der Waals surface area contributed by atoms with Gasteiger partial charge in [-0.3, -0.25) is 14.4 Å². The summed E-state index contributed by atoms with van der Waals surface area (Å²) in [5, 5.41) is 2.04. The van der Waals surface area contributed by atoms with E-state index >= 15 is 0 Å². The van der Waals surface area contributed by atoms with Gasteiger partial charge in [-0.25, -0.2) is 14.7 Å². The lowest BCUT2D eigenvalue weighted by Gasteiger charge is -2.39. The highest BCUT2D eigenvalue weighted by molar-refractivity contribution is 6.52. The second-order valence-electron chi connectivity index (χ2n) is 7.17. The van der Waals surface area contributed by atoms with Crippen molar-refractivity contribution in [3.05, 3.63) is 65.2 Å². The van der Waals surface area contributed by atoms with Crippen LogP contribution in [0.1, 0.15) is 31.1 Å². The first-order valence-electron chi connectivity index (χ1n) is 8.50. The molecular weight excluding hydrogens is 382 g/mol. The first-order valence-corrected chi connectivity index (χ1v) is 8.88. The summed E-state index contributed by atoms with van der Waals surface area (Å²) in [7, 11) is 0. The molecule has 5 amide bonds. The average Bonchev–Trinajstić information content (AvgIpc) is 2.86. The first-order chi connectivity index (χ1) is 13.1. The fourth-order valence-corrected chi connectivity index (χ4v) is 2.97. The van der Waals surface area contributed by atoms with Gasteiger partial charge in [0.05, 0.1) is 11.2 Å². The minimum Gasteiger partial charge on any atom is -0.267 e. The van der Waals surface area contributed by atoms with Crippen LogP contribution in [0.3, 0.4) is 0 Å². The zero-order chi connectivity index (χ0) is 20.6. The smallest absolute Gasteiger partial charge is 0.267 e. The molecule has 1 aliphatic heterocycles. The maximum absolute atomic E-state index is 13.1. The fourth-order valence-electron chi connectivity index (χ4n) is 2.85. The Bertz CT molecular complexity index is 952. The molecule has 28 heavy (non-hydrogen) atoms. The van der Waals surface area contributed by atoms with Gasteiger partial charge in [0.1, 0.15) is 0 Å². The molecule has 0 N–H and O–H groups in total. The Labute approximate surface area is 167 Å². The van der Waals surface area contributed by atoms with E-state index in [1.807, 2.05) is 0 Å². The maximum atomic E-state index is 13.1. The number of halogens is 1. The Hall–Kier alpha value is -3.19. The molecule has 1 fully saturated rings. The SMILES string of the molecule is CC(C)(C)N(C(=O)c1ccccc1)N1C(=O)C(=O)N(c2ccc(Cl)cc2)C1=O. The molecule has 3 rings (SSSR count). The van der Waals surface area contributed by atoms with E-state index in [0.717, 1.165) is 9.91 Å². The third-order valence-electron chi connectivity index (χ3n) is 4.08. The quantitative estimate of drug-likeness (QED) is 0.584. The summed E-state index contributed by atoms with van der Waals surface area (Å²) in [6, 6.07) is 13.2. The van der Waals surface area contributed by atoms with Crippen LogP contribution in [0.2, 0.25) is 5.02 Å². The summed E-state index contributed by atoms with van der Waals surface area (Å²) in [4.78, 5) is 52.1. The molecule has 7 nitrogen and oxygen atoms in total. The molecule has 1 heterocycles. The average molecular weight is 400 g/mol. The summed E-state index contributed by atoms with van der Waals surface area (Å²) in [6.45, 7) is 5.01. The highest BCUT2D eigenvalue weighted by atomic mass is 35.5. The van der Waals surface area contributed by atoms with Crippen molar-refractivity contribution >= 4 is 41.0 Å². The van der Waals surface area contributed by atoms with Gasteiger partial charge in [0, 0.05) is 10.6 Å². The fraction of sp³-hybridized carbons (Fsp3) is 0.200. The Kier molecular flexibility index (Phi) is 4.95. The minimum atomic E-state index is -1.10. The second-order valence-corrected chi connectivity index (χ2v) is 7.61. The van der Waals surface area contributed by atoms with Crippen LogP contribution in [0.4, 0.5) is 10.5 Å². The number of hydrogen-bond donors (Lipinski definition) is 0. The second kappa shape index (κ2) is 7.09. The van der Waals surface area contributed by atoms with Crippen molar-refractivity contribution in [3.8, 4) is 0 Å². The monoisotopic (exact) mass is 399 g/mol. The third-order valence-corrected chi connectivity index (χ3v) is 4.34. The van der Waals surface area contributed by atoms with Gasteiger partial charge in [-0.1, -0.05) is 29.8 Å². The molecule has 0 bridgehead atoms.